The van der Waals surface area contributed by atoms with E-state index in [4.69, 9.17) is 0 Å². The number of thioether (sulfide) groups is 1. The fraction of sp³-hybridized carbons (Fsp3) is 0.333. The number of piperazine rings is 1. The van der Waals surface area contributed by atoms with Gasteiger partial charge in [0.25, 0.3) is 0 Å². The van der Waals surface area contributed by atoms with Crippen LogP contribution in [0, 0.1) is 11.6 Å². The van der Waals surface area contributed by atoms with E-state index < -0.39 is 0 Å². The molecule has 1 aliphatic heterocycles. The van der Waals surface area contributed by atoms with Gasteiger partial charge >= 0.3 is 0 Å². The number of benzene rings is 2. The fourth-order valence-corrected chi connectivity index (χ4v) is 3.88. The van der Waals surface area contributed by atoms with Gasteiger partial charge in [-0.05, 0) is 42.0 Å². The predicted molar refractivity (Wildman–Crippen MR) is 105 cm³/mol. The predicted octanol–water partition coefficient (Wildman–Crippen LogP) is 3.36. The lowest BCUT2D eigenvalue weighted by atomic mass is 10.1. The number of hydrogen-bond acceptors (Lipinski definition) is 3. The maximum Gasteiger partial charge on any atom is 0.227 e. The van der Waals surface area contributed by atoms with Crippen LogP contribution in [0.4, 0.5) is 8.78 Å². The summed E-state index contributed by atoms with van der Waals surface area (Å²) in [7, 11) is 0. The van der Waals surface area contributed by atoms with Crippen molar-refractivity contribution in [3.63, 3.8) is 0 Å². The number of amides is 2. The molecule has 2 aromatic carbocycles. The molecule has 1 aliphatic rings. The summed E-state index contributed by atoms with van der Waals surface area (Å²) in [4.78, 5) is 29.2. The Morgan fingerprint density at radius 2 is 1.29 bits per heavy atom. The van der Waals surface area contributed by atoms with Gasteiger partial charge < -0.3 is 9.80 Å². The van der Waals surface area contributed by atoms with Gasteiger partial charge in [-0.25, -0.2) is 8.78 Å². The first-order valence-electron chi connectivity index (χ1n) is 9.19. The molecule has 0 aromatic heterocycles. The van der Waals surface area contributed by atoms with E-state index in [1.165, 1.54) is 36.0 Å². The zero-order valence-electron chi connectivity index (χ0n) is 15.4. The number of carbonyl (C=O) groups is 2. The van der Waals surface area contributed by atoms with Crippen molar-refractivity contribution in [2.24, 2.45) is 0 Å². The summed E-state index contributed by atoms with van der Waals surface area (Å²) in [6.07, 6.45) is 0.647. The largest absolute Gasteiger partial charge is 0.339 e. The number of carbonyl (C=O) groups excluding carboxylic acids is 2. The Labute approximate surface area is 167 Å². The van der Waals surface area contributed by atoms with Gasteiger partial charge in [0.2, 0.25) is 11.8 Å². The molecule has 2 aromatic rings. The fourth-order valence-electron chi connectivity index (χ4n) is 3.04. The Morgan fingerprint density at radius 3 is 1.86 bits per heavy atom. The third kappa shape index (κ3) is 5.79. The second kappa shape index (κ2) is 9.68. The van der Waals surface area contributed by atoms with E-state index in [9.17, 15) is 18.4 Å². The van der Waals surface area contributed by atoms with E-state index in [1.54, 1.807) is 34.1 Å². The van der Waals surface area contributed by atoms with Crippen molar-refractivity contribution in [1.29, 1.82) is 0 Å². The van der Waals surface area contributed by atoms with Gasteiger partial charge in [0.05, 0.1) is 6.42 Å². The topological polar surface area (TPSA) is 40.6 Å². The second-order valence-corrected chi connectivity index (χ2v) is 7.79. The van der Waals surface area contributed by atoms with Crippen LogP contribution in [-0.2, 0) is 16.0 Å². The molecule has 0 radical (unpaired) electrons. The smallest absolute Gasteiger partial charge is 0.227 e. The number of halogens is 2. The highest BCUT2D eigenvalue weighted by atomic mass is 32.2. The van der Waals surface area contributed by atoms with Crippen molar-refractivity contribution < 1.29 is 18.4 Å². The Bertz CT molecular complexity index is 804. The minimum atomic E-state index is -0.319. The maximum absolute atomic E-state index is 12.9. The highest BCUT2D eigenvalue weighted by Gasteiger charge is 2.23. The average Bonchev–Trinajstić information content (AvgIpc) is 2.71. The summed E-state index contributed by atoms with van der Waals surface area (Å²) >= 11 is 1.52. The van der Waals surface area contributed by atoms with Crippen LogP contribution >= 0.6 is 11.8 Å². The molecule has 0 unspecified atom stereocenters. The van der Waals surface area contributed by atoms with E-state index in [0.29, 0.717) is 38.4 Å². The first kappa shape index (κ1) is 20.3. The maximum atomic E-state index is 12.9. The number of hydrogen-bond donors (Lipinski definition) is 0. The van der Waals surface area contributed by atoms with Crippen molar-refractivity contribution in [3.8, 4) is 0 Å². The monoisotopic (exact) mass is 404 g/mol. The van der Waals surface area contributed by atoms with Crippen LogP contribution in [0.15, 0.2) is 53.4 Å². The summed E-state index contributed by atoms with van der Waals surface area (Å²) < 4.78 is 25.8. The lowest BCUT2D eigenvalue weighted by Gasteiger charge is -2.35. The van der Waals surface area contributed by atoms with Crippen LogP contribution in [0.5, 0.6) is 0 Å². The van der Waals surface area contributed by atoms with Crippen LogP contribution in [0.25, 0.3) is 0 Å². The molecular weight excluding hydrogens is 382 g/mol. The molecule has 1 saturated heterocycles. The summed E-state index contributed by atoms with van der Waals surface area (Å²) in [5.41, 5.74) is 0.780. The van der Waals surface area contributed by atoms with Crippen molar-refractivity contribution in [3.05, 3.63) is 65.7 Å². The molecule has 148 valence electrons. The minimum absolute atomic E-state index is 0.00873. The van der Waals surface area contributed by atoms with Gasteiger partial charge in [-0.15, -0.1) is 11.8 Å². The van der Waals surface area contributed by atoms with E-state index in [0.717, 1.165) is 10.5 Å². The first-order valence-corrected chi connectivity index (χ1v) is 10.2. The number of rotatable bonds is 6. The molecule has 0 aliphatic carbocycles. The third-order valence-electron chi connectivity index (χ3n) is 4.65. The van der Waals surface area contributed by atoms with Crippen LogP contribution in [0.1, 0.15) is 12.0 Å². The zero-order chi connectivity index (χ0) is 19.9. The molecule has 4 nitrogen and oxygen atoms in total. The Hall–Kier alpha value is -2.41. The molecule has 1 heterocycles. The standard InChI is InChI=1S/C21H22F2N2O2S/c22-17-3-1-16(2-4-17)15-21(27)25-12-10-24(11-13-25)20(26)9-14-28-19-7-5-18(23)6-8-19/h1-8H,9-15H2. The Kier molecular flexibility index (Phi) is 7.03. The average molecular weight is 404 g/mol. The molecule has 1 fully saturated rings. The molecule has 0 N–H and O–H groups in total. The molecule has 2 amide bonds. The normalized spacial score (nSPS) is 14.2. The third-order valence-corrected chi connectivity index (χ3v) is 5.67. The van der Waals surface area contributed by atoms with E-state index in [1.807, 2.05) is 0 Å². The van der Waals surface area contributed by atoms with Crippen molar-refractivity contribution in [1.82, 2.24) is 9.80 Å². The molecule has 3 rings (SSSR count). The van der Waals surface area contributed by atoms with E-state index >= 15 is 0 Å². The highest BCUT2D eigenvalue weighted by Crippen LogP contribution is 2.19. The SMILES string of the molecule is O=C(CCSc1ccc(F)cc1)N1CCN(C(=O)Cc2ccc(F)cc2)CC1. The summed E-state index contributed by atoms with van der Waals surface area (Å²) in [6.45, 7) is 2.07. The Balaban J connectivity index is 1.39. The minimum Gasteiger partial charge on any atom is -0.339 e. The zero-order valence-corrected chi connectivity index (χ0v) is 16.3. The van der Waals surface area contributed by atoms with Crippen LogP contribution in [-0.4, -0.2) is 53.5 Å². The molecule has 7 heteroatoms. The summed E-state index contributed by atoms with van der Waals surface area (Å²) in [5.74, 6) is 0.104. The summed E-state index contributed by atoms with van der Waals surface area (Å²) in [6, 6.07) is 12.2. The molecule has 0 saturated carbocycles. The molecule has 28 heavy (non-hydrogen) atoms. The van der Waals surface area contributed by atoms with Crippen LogP contribution < -0.4 is 0 Å². The summed E-state index contributed by atoms with van der Waals surface area (Å²) in [5, 5.41) is 0. The lowest BCUT2D eigenvalue weighted by molar-refractivity contribution is -0.138. The van der Waals surface area contributed by atoms with Gasteiger partial charge in [-0.1, -0.05) is 12.1 Å². The van der Waals surface area contributed by atoms with Gasteiger partial charge in [-0.2, -0.15) is 0 Å². The van der Waals surface area contributed by atoms with Crippen LogP contribution in [0.3, 0.4) is 0 Å². The molecular formula is C21H22F2N2O2S. The Morgan fingerprint density at radius 1 is 0.786 bits per heavy atom. The lowest BCUT2D eigenvalue weighted by Crippen LogP contribution is -2.51. The van der Waals surface area contributed by atoms with Crippen molar-refractivity contribution >= 4 is 23.6 Å². The van der Waals surface area contributed by atoms with Crippen molar-refractivity contribution in [2.45, 2.75) is 17.7 Å². The molecule has 0 atom stereocenters. The quantitative estimate of drug-likeness (QED) is 0.694. The number of nitrogens with zero attached hydrogens (tertiary/aromatic N) is 2. The van der Waals surface area contributed by atoms with Crippen LogP contribution in [0.2, 0.25) is 0 Å². The van der Waals surface area contributed by atoms with Crippen molar-refractivity contribution in [2.75, 3.05) is 31.9 Å². The van der Waals surface area contributed by atoms with Gasteiger partial charge in [-0.3, -0.25) is 9.59 Å². The van der Waals surface area contributed by atoms with E-state index in [2.05, 4.69) is 0 Å². The van der Waals surface area contributed by atoms with E-state index in [-0.39, 0.29) is 29.9 Å². The first-order chi connectivity index (χ1) is 13.5. The highest BCUT2D eigenvalue weighted by molar-refractivity contribution is 7.99. The van der Waals surface area contributed by atoms with Gasteiger partial charge in [0.1, 0.15) is 11.6 Å². The second-order valence-electron chi connectivity index (χ2n) is 6.62. The van der Waals surface area contributed by atoms with Gasteiger partial charge in [0, 0.05) is 43.2 Å². The molecule has 0 spiro atoms. The van der Waals surface area contributed by atoms with Gasteiger partial charge in [0.15, 0.2) is 0 Å². The molecule has 0 bridgehead atoms.